The fraction of sp³-hybridized carbons (Fsp3) is 0.429. The summed E-state index contributed by atoms with van der Waals surface area (Å²) in [5.74, 6) is -0.0459. The molecule has 2 aliphatic heterocycles. The van der Waals surface area contributed by atoms with Crippen molar-refractivity contribution in [1.29, 1.82) is 0 Å². The minimum atomic E-state index is -0.789. The molecule has 1 aromatic rings. The van der Waals surface area contributed by atoms with E-state index in [1.807, 2.05) is 18.2 Å². The molecular weight excluding hydrogens is 258 g/mol. The van der Waals surface area contributed by atoms with Gasteiger partial charge in [0, 0.05) is 6.54 Å². The fourth-order valence-electron chi connectivity index (χ4n) is 2.68. The molecule has 6 heteroatoms. The van der Waals surface area contributed by atoms with Crippen LogP contribution >= 0.6 is 0 Å². The summed E-state index contributed by atoms with van der Waals surface area (Å²) in [6.07, 6.45) is 0.0304. The third-order valence-corrected chi connectivity index (χ3v) is 3.77. The average Bonchev–Trinajstić information content (AvgIpc) is 2.99. The number of amides is 2. The Labute approximate surface area is 116 Å². The molecule has 3 rings (SSSR count). The summed E-state index contributed by atoms with van der Waals surface area (Å²) in [4.78, 5) is 25.6. The number of nitrogens with two attached hydrogens (primary N) is 1. The number of fused-ring (bicyclic) bond motifs is 1. The van der Waals surface area contributed by atoms with Gasteiger partial charge in [0.15, 0.2) is 6.10 Å². The van der Waals surface area contributed by atoms with Gasteiger partial charge in [-0.2, -0.15) is 0 Å². The molecular formula is C14H17N3O3. The van der Waals surface area contributed by atoms with Gasteiger partial charge in [0.25, 0.3) is 5.91 Å². The summed E-state index contributed by atoms with van der Waals surface area (Å²) in [6, 6.07) is 7.23. The molecule has 20 heavy (non-hydrogen) atoms. The van der Waals surface area contributed by atoms with E-state index < -0.39 is 12.0 Å². The van der Waals surface area contributed by atoms with Gasteiger partial charge in [-0.05, 0) is 25.1 Å². The van der Waals surface area contributed by atoms with Crippen LogP contribution in [-0.4, -0.2) is 37.6 Å². The highest BCUT2D eigenvalue weighted by atomic mass is 16.5. The summed E-state index contributed by atoms with van der Waals surface area (Å²) in [7, 11) is 0. The Morgan fingerprint density at radius 3 is 2.85 bits per heavy atom. The van der Waals surface area contributed by atoms with Crippen LogP contribution in [-0.2, 0) is 9.59 Å². The van der Waals surface area contributed by atoms with E-state index in [1.54, 1.807) is 11.0 Å². The second-order valence-corrected chi connectivity index (χ2v) is 5.12. The van der Waals surface area contributed by atoms with Crippen LogP contribution in [0.25, 0.3) is 0 Å². The number of anilines is 1. The predicted octanol–water partition coefficient (Wildman–Crippen LogP) is -0.125. The van der Waals surface area contributed by atoms with E-state index in [0.717, 1.165) is 13.0 Å². The SMILES string of the molecule is NC(=O)C1CN(C(=O)C2CCNC2)c2ccccc2O1. The molecule has 0 saturated carbocycles. The summed E-state index contributed by atoms with van der Waals surface area (Å²) in [6.45, 7) is 1.71. The Morgan fingerprint density at radius 2 is 2.15 bits per heavy atom. The first-order chi connectivity index (χ1) is 9.66. The van der Waals surface area contributed by atoms with E-state index >= 15 is 0 Å². The quantitative estimate of drug-likeness (QED) is 0.788. The van der Waals surface area contributed by atoms with Crippen molar-refractivity contribution >= 4 is 17.5 Å². The lowest BCUT2D eigenvalue weighted by Gasteiger charge is -2.34. The molecule has 0 bridgehead atoms. The van der Waals surface area contributed by atoms with Gasteiger partial charge in [-0.25, -0.2) is 0 Å². The normalized spacial score (nSPS) is 24.9. The number of carbonyl (C=O) groups is 2. The Balaban J connectivity index is 1.91. The maximum Gasteiger partial charge on any atom is 0.260 e. The van der Waals surface area contributed by atoms with E-state index in [9.17, 15) is 9.59 Å². The van der Waals surface area contributed by atoms with Crippen LogP contribution in [0.5, 0.6) is 5.75 Å². The van der Waals surface area contributed by atoms with Crippen LogP contribution < -0.4 is 20.7 Å². The van der Waals surface area contributed by atoms with Crippen molar-refractivity contribution in [2.24, 2.45) is 11.7 Å². The molecule has 2 amide bonds. The number of para-hydroxylation sites is 2. The smallest absolute Gasteiger partial charge is 0.260 e. The third-order valence-electron chi connectivity index (χ3n) is 3.77. The topological polar surface area (TPSA) is 84.7 Å². The largest absolute Gasteiger partial charge is 0.477 e. The molecule has 0 radical (unpaired) electrons. The number of rotatable bonds is 2. The summed E-state index contributed by atoms with van der Waals surface area (Å²) in [5, 5.41) is 3.18. The molecule has 1 fully saturated rings. The maximum absolute atomic E-state index is 12.6. The Morgan fingerprint density at radius 1 is 1.35 bits per heavy atom. The van der Waals surface area contributed by atoms with Gasteiger partial charge in [0.1, 0.15) is 5.75 Å². The number of ether oxygens (including phenoxy) is 1. The maximum atomic E-state index is 12.6. The molecule has 1 aromatic carbocycles. The zero-order chi connectivity index (χ0) is 14.1. The zero-order valence-corrected chi connectivity index (χ0v) is 11.0. The van der Waals surface area contributed by atoms with Gasteiger partial charge >= 0.3 is 0 Å². The van der Waals surface area contributed by atoms with Crippen molar-refractivity contribution in [2.75, 3.05) is 24.5 Å². The lowest BCUT2D eigenvalue weighted by atomic mass is 10.1. The number of nitrogens with zero attached hydrogens (tertiary/aromatic N) is 1. The van der Waals surface area contributed by atoms with E-state index in [-0.39, 0.29) is 18.4 Å². The second kappa shape index (κ2) is 5.13. The lowest BCUT2D eigenvalue weighted by Crippen LogP contribution is -2.51. The molecule has 2 atom stereocenters. The van der Waals surface area contributed by atoms with Crippen molar-refractivity contribution < 1.29 is 14.3 Å². The van der Waals surface area contributed by atoms with Gasteiger partial charge in [-0.15, -0.1) is 0 Å². The number of hydrogen-bond acceptors (Lipinski definition) is 4. The molecule has 1 saturated heterocycles. The standard InChI is InChI=1S/C14H17N3O3/c15-13(18)12-8-17(14(19)9-5-6-16-7-9)10-3-1-2-4-11(10)20-12/h1-4,9,12,16H,5-8H2,(H2,15,18). The molecule has 106 valence electrons. The lowest BCUT2D eigenvalue weighted by molar-refractivity contribution is -0.126. The van der Waals surface area contributed by atoms with Crippen LogP contribution in [0.4, 0.5) is 5.69 Å². The van der Waals surface area contributed by atoms with E-state index in [4.69, 9.17) is 10.5 Å². The average molecular weight is 275 g/mol. The highest BCUT2D eigenvalue weighted by Gasteiger charge is 2.36. The molecule has 2 heterocycles. The fourth-order valence-corrected chi connectivity index (χ4v) is 2.68. The van der Waals surface area contributed by atoms with Crippen LogP contribution in [0.2, 0.25) is 0 Å². The summed E-state index contributed by atoms with van der Waals surface area (Å²) < 4.78 is 5.55. The third kappa shape index (κ3) is 2.22. The van der Waals surface area contributed by atoms with Gasteiger partial charge in [-0.1, -0.05) is 12.1 Å². The molecule has 0 aliphatic carbocycles. The Bertz CT molecular complexity index is 540. The number of benzene rings is 1. The highest BCUT2D eigenvalue weighted by molar-refractivity contribution is 5.98. The van der Waals surface area contributed by atoms with E-state index in [2.05, 4.69) is 5.32 Å². The van der Waals surface area contributed by atoms with Crippen LogP contribution in [0.15, 0.2) is 24.3 Å². The monoisotopic (exact) mass is 275 g/mol. The molecule has 0 aromatic heterocycles. The zero-order valence-electron chi connectivity index (χ0n) is 11.0. The van der Waals surface area contributed by atoms with Crippen LogP contribution in [0.1, 0.15) is 6.42 Å². The van der Waals surface area contributed by atoms with Gasteiger partial charge < -0.3 is 20.7 Å². The number of nitrogens with one attached hydrogen (secondary N) is 1. The molecule has 2 aliphatic rings. The van der Waals surface area contributed by atoms with Gasteiger partial charge in [0.05, 0.1) is 18.2 Å². The molecule has 3 N–H and O–H groups in total. The molecule has 0 spiro atoms. The van der Waals surface area contributed by atoms with E-state index in [0.29, 0.717) is 18.0 Å². The van der Waals surface area contributed by atoms with Crippen molar-refractivity contribution in [3.8, 4) is 5.75 Å². The van der Waals surface area contributed by atoms with Crippen LogP contribution in [0, 0.1) is 5.92 Å². The first-order valence-electron chi connectivity index (χ1n) is 6.74. The minimum absolute atomic E-state index is 0.0250. The number of carbonyl (C=O) groups excluding carboxylic acids is 2. The van der Waals surface area contributed by atoms with Crippen molar-refractivity contribution in [3.63, 3.8) is 0 Å². The number of primary amides is 1. The first kappa shape index (κ1) is 12.9. The number of hydrogen-bond donors (Lipinski definition) is 2. The first-order valence-corrected chi connectivity index (χ1v) is 6.74. The van der Waals surface area contributed by atoms with E-state index in [1.165, 1.54) is 0 Å². The van der Waals surface area contributed by atoms with Crippen molar-refractivity contribution in [3.05, 3.63) is 24.3 Å². The Hall–Kier alpha value is -2.08. The van der Waals surface area contributed by atoms with Crippen LogP contribution in [0.3, 0.4) is 0 Å². The second-order valence-electron chi connectivity index (χ2n) is 5.12. The van der Waals surface area contributed by atoms with Gasteiger partial charge in [-0.3, -0.25) is 9.59 Å². The molecule has 2 unspecified atom stereocenters. The molecule has 6 nitrogen and oxygen atoms in total. The summed E-state index contributed by atoms with van der Waals surface area (Å²) >= 11 is 0. The van der Waals surface area contributed by atoms with Crippen molar-refractivity contribution in [1.82, 2.24) is 5.32 Å². The Kier molecular flexibility index (Phi) is 3.31. The summed E-state index contributed by atoms with van der Waals surface area (Å²) in [5.41, 5.74) is 6.04. The predicted molar refractivity (Wildman–Crippen MR) is 73.4 cm³/mol. The minimum Gasteiger partial charge on any atom is -0.477 e. The highest BCUT2D eigenvalue weighted by Crippen LogP contribution is 2.34. The van der Waals surface area contributed by atoms with Crippen molar-refractivity contribution in [2.45, 2.75) is 12.5 Å². The van der Waals surface area contributed by atoms with Gasteiger partial charge in [0.2, 0.25) is 5.91 Å².